The van der Waals surface area contributed by atoms with Crippen molar-refractivity contribution in [3.63, 3.8) is 0 Å². The number of unbranched alkanes of at least 4 members (excludes halogenated alkanes) is 1. The molecule has 0 aliphatic heterocycles. The molecule has 1 aromatic rings. The van der Waals surface area contributed by atoms with Crippen LogP contribution >= 0.6 is 0 Å². The summed E-state index contributed by atoms with van der Waals surface area (Å²) in [5, 5.41) is 3.45. The largest absolute Gasteiger partial charge is 0.493 e. The second-order valence-corrected chi connectivity index (χ2v) is 6.74. The maximum atomic E-state index is 6.17. The highest BCUT2D eigenvalue weighted by Gasteiger charge is 2.14. The summed E-state index contributed by atoms with van der Waals surface area (Å²) in [6.45, 7) is 15.2. The van der Waals surface area contributed by atoms with Crippen molar-refractivity contribution in [3.8, 4) is 5.75 Å². The Morgan fingerprint density at radius 3 is 1.95 bits per heavy atom. The van der Waals surface area contributed by atoms with Crippen molar-refractivity contribution in [1.29, 1.82) is 0 Å². The van der Waals surface area contributed by atoms with Gasteiger partial charge in [-0.05, 0) is 42.3 Å². The molecule has 0 radical (unpaired) electrons. The molecule has 0 saturated carbocycles. The van der Waals surface area contributed by atoms with Gasteiger partial charge in [0.05, 0.1) is 6.61 Å². The smallest absolute Gasteiger partial charge is 0.126 e. The van der Waals surface area contributed by atoms with Crippen LogP contribution in [-0.4, -0.2) is 19.2 Å². The van der Waals surface area contributed by atoms with Crippen molar-refractivity contribution >= 4 is 0 Å². The molecule has 0 aliphatic rings. The molecular weight excluding hydrogens is 258 g/mol. The van der Waals surface area contributed by atoms with Crippen molar-refractivity contribution in [2.75, 3.05) is 13.2 Å². The second-order valence-electron chi connectivity index (χ2n) is 6.74. The van der Waals surface area contributed by atoms with E-state index in [9.17, 15) is 0 Å². The van der Waals surface area contributed by atoms with Crippen LogP contribution in [0.15, 0.2) is 18.2 Å². The summed E-state index contributed by atoms with van der Waals surface area (Å²) in [4.78, 5) is 0. The molecule has 0 heterocycles. The number of rotatable bonds is 9. The lowest BCUT2D eigenvalue weighted by molar-refractivity contribution is 0.297. The van der Waals surface area contributed by atoms with Gasteiger partial charge >= 0.3 is 0 Å². The average molecular weight is 291 g/mol. The molecule has 21 heavy (non-hydrogen) atoms. The molecule has 1 aromatic carbocycles. The number of benzene rings is 1. The molecule has 0 saturated heterocycles. The van der Waals surface area contributed by atoms with Gasteiger partial charge in [-0.2, -0.15) is 0 Å². The van der Waals surface area contributed by atoms with E-state index in [4.69, 9.17) is 4.74 Å². The standard InChI is InChI=1S/C19H33NO/c1-14(2)17-10-9-11-18(15(3)4)19(17)21-13-8-7-12-20-16(5)6/h9-11,14-16,20H,7-8,12-13H2,1-6H3. The maximum absolute atomic E-state index is 6.17. The van der Waals surface area contributed by atoms with Crippen LogP contribution in [-0.2, 0) is 0 Å². The molecule has 0 bridgehead atoms. The van der Waals surface area contributed by atoms with Gasteiger partial charge < -0.3 is 10.1 Å². The van der Waals surface area contributed by atoms with E-state index < -0.39 is 0 Å². The zero-order chi connectivity index (χ0) is 15.8. The van der Waals surface area contributed by atoms with Crippen LogP contribution in [0.2, 0.25) is 0 Å². The monoisotopic (exact) mass is 291 g/mol. The second kappa shape index (κ2) is 9.09. The molecule has 0 fully saturated rings. The third-order valence-corrected chi connectivity index (χ3v) is 3.69. The summed E-state index contributed by atoms with van der Waals surface area (Å²) >= 11 is 0. The zero-order valence-corrected chi connectivity index (χ0v) is 14.7. The molecule has 0 spiro atoms. The summed E-state index contributed by atoms with van der Waals surface area (Å²) in [7, 11) is 0. The van der Waals surface area contributed by atoms with Crippen LogP contribution in [0.25, 0.3) is 0 Å². The fraction of sp³-hybridized carbons (Fsp3) is 0.684. The minimum absolute atomic E-state index is 0.501. The Balaban J connectivity index is 2.60. The van der Waals surface area contributed by atoms with Crippen molar-refractivity contribution < 1.29 is 4.74 Å². The molecule has 0 unspecified atom stereocenters. The van der Waals surface area contributed by atoms with Gasteiger partial charge in [0.2, 0.25) is 0 Å². The van der Waals surface area contributed by atoms with Crippen LogP contribution in [0.4, 0.5) is 0 Å². The van der Waals surface area contributed by atoms with Crippen LogP contribution < -0.4 is 10.1 Å². The molecule has 0 atom stereocenters. The molecule has 120 valence electrons. The average Bonchev–Trinajstić information content (AvgIpc) is 2.41. The van der Waals surface area contributed by atoms with Crippen molar-refractivity contribution in [2.24, 2.45) is 0 Å². The predicted octanol–water partition coefficient (Wildman–Crippen LogP) is 5.09. The van der Waals surface area contributed by atoms with Crippen LogP contribution in [0.5, 0.6) is 5.75 Å². The number of hydrogen-bond acceptors (Lipinski definition) is 2. The van der Waals surface area contributed by atoms with Crippen LogP contribution in [0, 0.1) is 0 Å². The van der Waals surface area contributed by atoms with E-state index in [2.05, 4.69) is 65.1 Å². The van der Waals surface area contributed by atoms with Gasteiger partial charge in [0, 0.05) is 6.04 Å². The van der Waals surface area contributed by atoms with Crippen molar-refractivity contribution in [1.82, 2.24) is 5.32 Å². The van der Waals surface area contributed by atoms with Crippen LogP contribution in [0.3, 0.4) is 0 Å². The SMILES string of the molecule is CC(C)NCCCCOc1c(C(C)C)cccc1C(C)C. The van der Waals surface area contributed by atoms with E-state index in [1.165, 1.54) is 17.5 Å². The predicted molar refractivity (Wildman–Crippen MR) is 92.5 cm³/mol. The Labute approximate surface area is 131 Å². The summed E-state index contributed by atoms with van der Waals surface area (Å²) in [5.41, 5.74) is 2.67. The molecule has 2 heteroatoms. The number of para-hydroxylation sites is 1. The first kappa shape index (κ1) is 18.0. The fourth-order valence-corrected chi connectivity index (χ4v) is 2.44. The summed E-state index contributed by atoms with van der Waals surface area (Å²) in [6.07, 6.45) is 2.27. The highest BCUT2D eigenvalue weighted by molar-refractivity contribution is 5.44. The van der Waals surface area contributed by atoms with E-state index in [1.54, 1.807) is 0 Å². The molecule has 0 aromatic heterocycles. The minimum Gasteiger partial charge on any atom is -0.493 e. The van der Waals surface area contributed by atoms with E-state index in [0.29, 0.717) is 17.9 Å². The molecule has 1 N–H and O–H groups in total. The van der Waals surface area contributed by atoms with Crippen LogP contribution in [0.1, 0.15) is 77.3 Å². The lowest BCUT2D eigenvalue weighted by atomic mass is 9.94. The molecule has 0 amide bonds. The van der Waals surface area contributed by atoms with E-state index >= 15 is 0 Å². The fourth-order valence-electron chi connectivity index (χ4n) is 2.44. The number of ether oxygens (including phenoxy) is 1. The van der Waals surface area contributed by atoms with Gasteiger partial charge in [-0.15, -0.1) is 0 Å². The van der Waals surface area contributed by atoms with Gasteiger partial charge in [0.1, 0.15) is 5.75 Å². The number of nitrogens with one attached hydrogen (secondary N) is 1. The Kier molecular flexibility index (Phi) is 7.81. The van der Waals surface area contributed by atoms with Gasteiger partial charge in [-0.25, -0.2) is 0 Å². The summed E-state index contributed by atoms with van der Waals surface area (Å²) < 4.78 is 6.17. The lowest BCUT2D eigenvalue weighted by Gasteiger charge is -2.20. The van der Waals surface area contributed by atoms with Gasteiger partial charge in [-0.1, -0.05) is 59.7 Å². The van der Waals surface area contributed by atoms with E-state index in [0.717, 1.165) is 25.3 Å². The number of hydrogen-bond donors (Lipinski definition) is 1. The first-order valence-corrected chi connectivity index (χ1v) is 8.42. The normalized spacial score (nSPS) is 11.7. The van der Waals surface area contributed by atoms with Crippen molar-refractivity contribution in [3.05, 3.63) is 29.3 Å². The highest BCUT2D eigenvalue weighted by Crippen LogP contribution is 2.34. The first-order chi connectivity index (χ1) is 9.93. The Bertz CT molecular complexity index is 384. The van der Waals surface area contributed by atoms with Crippen molar-refractivity contribution in [2.45, 2.75) is 72.3 Å². The van der Waals surface area contributed by atoms with E-state index in [1.807, 2.05) is 0 Å². The summed E-state index contributed by atoms with van der Waals surface area (Å²) in [6, 6.07) is 7.13. The maximum Gasteiger partial charge on any atom is 0.126 e. The van der Waals surface area contributed by atoms with Gasteiger partial charge in [0.25, 0.3) is 0 Å². The molecular formula is C19H33NO. The first-order valence-electron chi connectivity index (χ1n) is 8.42. The third kappa shape index (κ3) is 6.09. The zero-order valence-electron chi connectivity index (χ0n) is 14.7. The topological polar surface area (TPSA) is 21.3 Å². The van der Waals surface area contributed by atoms with E-state index in [-0.39, 0.29) is 0 Å². The Morgan fingerprint density at radius 2 is 1.48 bits per heavy atom. The molecule has 0 aliphatic carbocycles. The lowest BCUT2D eigenvalue weighted by Crippen LogP contribution is -2.23. The quantitative estimate of drug-likeness (QED) is 0.640. The summed E-state index contributed by atoms with van der Waals surface area (Å²) in [5.74, 6) is 2.13. The minimum atomic E-state index is 0.501. The van der Waals surface area contributed by atoms with Gasteiger partial charge in [0.15, 0.2) is 0 Å². The third-order valence-electron chi connectivity index (χ3n) is 3.69. The highest BCUT2D eigenvalue weighted by atomic mass is 16.5. The van der Waals surface area contributed by atoms with Gasteiger partial charge in [-0.3, -0.25) is 0 Å². The Hall–Kier alpha value is -1.02. The molecule has 1 rings (SSSR count). The Morgan fingerprint density at radius 1 is 0.905 bits per heavy atom. The molecule has 2 nitrogen and oxygen atoms in total.